The second kappa shape index (κ2) is 7.21. The molecule has 3 N–H and O–H groups in total. The van der Waals surface area contributed by atoms with Crippen LogP contribution in [0.1, 0.15) is 13.8 Å². The van der Waals surface area contributed by atoms with Crippen molar-refractivity contribution in [1.82, 2.24) is 15.5 Å². The third-order valence-corrected chi connectivity index (χ3v) is 3.58. The molecule has 2 amide bonds. The van der Waals surface area contributed by atoms with Crippen LogP contribution in [-0.2, 0) is 9.47 Å². The van der Waals surface area contributed by atoms with Gasteiger partial charge >= 0.3 is 6.03 Å². The van der Waals surface area contributed by atoms with E-state index in [4.69, 9.17) is 9.47 Å². The number of rotatable bonds is 4. The molecule has 0 radical (unpaired) electrons. The fraction of sp³-hybridized carbons (Fsp3) is 0.923. The Labute approximate surface area is 119 Å². The molecule has 2 aliphatic rings. The normalized spacial score (nSPS) is 30.8. The van der Waals surface area contributed by atoms with E-state index in [1.165, 1.54) is 0 Å². The van der Waals surface area contributed by atoms with E-state index < -0.39 is 6.10 Å². The maximum atomic E-state index is 11.9. The van der Waals surface area contributed by atoms with E-state index in [1.807, 2.05) is 13.8 Å². The Hall–Kier alpha value is -0.890. The molecule has 2 rings (SSSR count). The molecule has 2 saturated heterocycles. The van der Waals surface area contributed by atoms with Crippen LogP contribution < -0.4 is 10.6 Å². The van der Waals surface area contributed by atoms with Gasteiger partial charge in [0.2, 0.25) is 0 Å². The van der Waals surface area contributed by atoms with Gasteiger partial charge in [0.05, 0.1) is 32.0 Å². The molecule has 20 heavy (non-hydrogen) atoms. The number of carbonyl (C=O) groups excluding carboxylic acids is 1. The smallest absolute Gasteiger partial charge is 0.317 e. The molecular formula is C13H25N3O4. The topological polar surface area (TPSA) is 83.1 Å². The van der Waals surface area contributed by atoms with Gasteiger partial charge in [-0.15, -0.1) is 0 Å². The van der Waals surface area contributed by atoms with Crippen molar-refractivity contribution < 1.29 is 19.4 Å². The number of aliphatic hydroxyl groups excluding tert-OH is 1. The van der Waals surface area contributed by atoms with Crippen LogP contribution in [0.15, 0.2) is 0 Å². The minimum absolute atomic E-state index is 0.0692. The zero-order valence-corrected chi connectivity index (χ0v) is 12.2. The van der Waals surface area contributed by atoms with Gasteiger partial charge in [0.25, 0.3) is 0 Å². The number of aliphatic hydroxyl groups is 1. The van der Waals surface area contributed by atoms with E-state index >= 15 is 0 Å². The van der Waals surface area contributed by atoms with Gasteiger partial charge in [-0.1, -0.05) is 13.8 Å². The molecule has 0 saturated carbocycles. The summed E-state index contributed by atoms with van der Waals surface area (Å²) in [6.45, 7) is 7.23. The number of amides is 2. The molecule has 3 unspecified atom stereocenters. The first-order chi connectivity index (χ1) is 9.58. The predicted octanol–water partition coefficient (Wildman–Crippen LogP) is -0.845. The molecule has 0 aliphatic carbocycles. The van der Waals surface area contributed by atoms with Crippen molar-refractivity contribution in [3.05, 3.63) is 0 Å². The van der Waals surface area contributed by atoms with Gasteiger partial charge in [0.15, 0.2) is 0 Å². The van der Waals surface area contributed by atoms with E-state index in [9.17, 15) is 9.90 Å². The highest BCUT2D eigenvalue weighted by Gasteiger charge is 2.36. The number of ether oxygens (including phenoxy) is 2. The molecule has 2 heterocycles. The Kier molecular flexibility index (Phi) is 5.59. The van der Waals surface area contributed by atoms with Crippen LogP contribution >= 0.6 is 0 Å². The highest BCUT2D eigenvalue weighted by atomic mass is 16.5. The Morgan fingerprint density at radius 2 is 2.10 bits per heavy atom. The van der Waals surface area contributed by atoms with Crippen LogP contribution in [0.4, 0.5) is 4.79 Å². The Bertz CT molecular complexity index is 321. The van der Waals surface area contributed by atoms with E-state index in [0.717, 1.165) is 0 Å². The first kappa shape index (κ1) is 15.5. The summed E-state index contributed by atoms with van der Waals surface area (Å²) in [7, 11) is 0. The predicted molar refractivity (Wildman–Crippen MR) is 73.6 cm³/mol. The minimum Gasteiger partial charge on any atom is -0.389 e. The van der Waals surface area contributed by atoms with Gasteiger partial charge in [-0.2, -0.15) is 0 Å². The highest BCUT2D eigenvalue weighted by Crippen LogP contribution is 2.14. The number of urea groups is 1. The van der Waals surface area contributed by atoms with Gasteiger partial charge in [-0.05, 0) is 0 Å². The molecule has 2 aliphatic heterocycles. The number of carbonyl (C=O) groups is 1. The van der Waals surface area contributed by atoms with Crippen molar-refractivity contribution in [2.45, 2.75) is 38.1 Å². The highest BCUT2D eigenvalue weighted by molar-refractivity contribution is 5.74. The van der Waals surface area contributed by atoms with Gasteiger partial charge in [0.1, 0.15) is 6.10 Å². The summed E-state index contributed by atoms with van der Waals surface area (Å²) in [5, 5.41) is 16.2. The van der Waals surface area contributed by atoms with Crippen LogP contribution in [-0.4, -0.2) is 79.8 Å². The molecule has 0 bridgehead atoms. The summed E-state index contributed by atoms with van der Waals surface area (Å²) in [5.41, 5.74) is 0. The van der Waals surface area contributed by atoms with E-state index in [-0.39, 0.29) is 18.2 Å². The molecule has 2 fully saturated rings. The van der Waals surface area contributed by atoms with Gasteiger partial charge in [-0.25, -0.2) is 4.79 Å². The quantitative estimate of drug-likeness (QED) is 0.628. The number of hydrogen-bond acceptors (Lipinski definition) is 5. The summed E-state index contributed by atoms with van der Waals surface area (Å²) in [5.74, 6) is 0. The Morgan fingerprint density at radius 1 is 1.40 bits per heavy atom. The fourth-order valence-corrected chi connectivity index (χ4v) is 2.50. The summed E-state index contributed by atoms with van der Waals surface area (Å²) in [6, 6.07) is 0.101. The second-order valence-corrected chi connectivity index (χ2v) is 5.58. The summed E-state index contributed by atoms with van der Waals surface area (Å²) in [6.07, 6.45) is -0.946. The number of nitrogens with one attached hydrogen (secondary N) is 2. The lowest BCUT2D eigenvalue weighted by molar-refractivity contribution is 0.0358. The summed E-state index contributed by atoms with van der Waals surface area (Å²) in [4.78, 5) is 13.6. The molecule has 0 aromatic carbocycles. The molecule has 3 atom stereocenters. The molecular weight excluding hydrogens is 262 g/mol. The Balaban J connectivity index is 1.72. The lowest BCUT2D eigenvalue weighted by atomic mass is 10.1. The van der Waals surface area contributed by atoms with Crippen molar-refractivity contribution >= 4 is 6.03 Å². The largest absolute Gasteiger partial charge is 0.389 e. The van der Waals surface area contributed by atoms with Crippen molar-refractivity contribution in [2.75, 3.05) is 39.5 Å². The lowest BCUT2D eigenvalue weighted by Gasteiger charge is -2.28. The van der Waals surface area contributed by atoms with E-state index in [2.05, 4.69) is 10.6 Å². The van der Waals surface area contributed by atoms with Crippen LogP contribution in [0.3, 0.4) is 0 Å². The zero-order chi connectivity index (χ0) is 14.5. The third kappa shape index (κ3) is 4.05. The standard InChI is InChI=1S/C13H25N3O4/c1-9(2)15-10-8-20-11(12(10)17)7-14-13(18)16-3-5-19-6-4-16/h9-12,15,17H,3-8H2,1-2H3,(H,14,18). The van der Waals surface area contributed by atoms with E-state index in [0.29, 0.717) is 45.5 Å². The molecule has 116 valence electrons. The number of hydrogen-bond donors (Lipinski definition) is 3. The van der Waals surface area contributed by atoms with Crippen LogP contribution in [0.2, 0.25) is 0 Å². The zero-order valence-electron chi connectivity index (χ0n) is 12.2. The fourth-order valence-electron chi connectivity index (χ4n) is 2.50. The van der Waals surface area contributed by atoms with E-state index in [1.54, 1.807) is 4.90 Å². The molecule has 7 heteroatoms. The first-order valence-electron chi connectivity index (χ1n) is 7.24. The maximum absolute atomic E-state index is 11.9. The van der Waals surface area contributed by atoms with Crippen LogP contribution in [0, 0.1) is 0 Å². The van der Waals surface area contributed by atoms with Crippen LogP contribution in [0.25, 0.3) is 0 Å². The molecule has 0 spiro atoms. The average Bonchev–Trinajstić information content (AvgIpc) is 2.77. The van der Waals surface area contributed by atoms with Crippen molar-refractivity contribution in [3.8, 4) is 0 Å². The maximum Gasteiger partial charge on any atom is 0.317 e. The Morgan fingerprint density at radius 3 is 2.75 bits per heavy atom. The van der Waals surface area contributed by atoms with Crippen molar-refractivity contribution in [3.63, 3.8) is 0 Å². The van der Waals surface area contributed by atoms with Gasteiger partial charge < -0.3 is 30.1 Å². The number of morpholine rings is 1. The summed E-state index contributed by atoms with van der Waals surface area (Å²) >= 11 is 0. The average molecular weight is 287 g/mol. The molecule has 0 aromatic heterocycles. The minimum atomic E-state index is -0.595. The van der Waals surface area contributed by atoms with Crippen molar-refractivity contribution in [2.24, 2.45) is 0 Å². The third-order valence-electron chi connectivity index (χ3n) is 3.58. The number of nitrogens with zero attached hydrogens (tertiary/aromatic N) is 1. The molecule has 0 aromatic rings. The lowest BCUT2D eigenvalue weighted by Crippen LogP contribution is -2.50. The van der Waals surface area contributed by atoms with Gasteiger partial charge in [-0.3, -0.25) is 0 Å². The van der Waals surface area contributed by atoms with Crippen molar-refractivity contribution in [1.29, 1.82) is 0 Å². The van der Waals surface area contributed by atoms with Crippen LogP contribution in [0.5, 0.6) is 0 Å². The summed E-state index contributed by atoms with van der Waals surface area (Å²) < 4.78 is 10.7. The molecule has 7 nitrogen and oxygen atoms in total. The van der Waals surface area contributed by atoms with Gasteiger partial charge in [0, 0.05) is 25.7 Å². The second-order valence-electron chi connectivity index (χ2n) is 5.58. The monoisotopic (exact) mass is 287 g/mol. The first-order valence-corrected chi connectivity index (χ1v) is 7.24. The SMILES string of the molecule is CC(C)NC1COC(CNC(=O)N2CCOCC2)C1O.